The van der Waals surface area contributed by atoms with Gasteiger partial charge in [0.05, 0.1) is 24.1 Å². The summed E-state index contributed by atoms with van der Waals surface area (Å²) in [6, 6.07) is 5.47. The molecule has 0 aliphatic rings. The summed E-state index contributed by atoms with van der Waals surface area (Å²) in [4.78, 5) is 25.2. The van der Waals surface area contributed by atoms with Crippen LogP contribution in [0.25, 0.3) is 0 Å². The number of benzene rings is 1. The van der Waals surface area contributed by atoms with Gasteiger partial charge < -0.3 is 19.8 Å². The molecule has 1 aromatic carbocycles. The number of para-hydroxylation sites is 1. The van der Waals surface area contributed by atoms with Gasteiger partial charge in [-0.15, -0.1) is 0 Å². The van der Waals surface area contributed by atoms with E-state index in [0.717, 1.165) is 23.2 Å². The number of aliphatic hydroxyl groups excluding tert-OH is 1. The number of carbonyl (C=O) groups is 2. The van der Waals surface area contributed by atoms with Crippen molar-refractivity contribution in [1.82, 2.24) is 0 Å². The first-order valence-corrected chi connectivity index (χ1v) is 9.87. The van der Waals surface area contributed by atoms with Crippen LogP contribution in [0.3, 0.4) is 0 Å². The molecule has 1 rings (SSSR count). The third-order valence-electron chi connectivity index (χ3n) is 3.97. The van der Waals surface area contributed by atoms with E-state index in [1.807, 2.05) is 39.0 Å². The Morgan fingerprint density at radius 1 is 1.35 bits per heavy atom. The van der Waals surface area contributed by atoms with E-state index in [1.54, 1.807) is 12.0 Å². The quantitative estimate of drug-likeness (QED) is 0.625. The van der Waals surface area contributed by atoms with Crippen molar-refractivity contribution < 1.29 is 28.7 Å². The molecule has 146 valence electrons. The summed E-state index contributed by atoms with van der Waals surface area (Å²) < 4.78 is 17.3. The molecule has 0 aliphatic carbocycles. The van der Waals surface area contributed by atoms with Gasteiger partial charge in [0.15, 0.2) is 6.10 Å². The van der Waals surface area contributed by atoms with Crippen LogP contribution in [0.1, 0.15) is 25.0 Å². The highest BCUT2D eigenvalue weighted by atomic mass is 32.2. The highest BCUT2D eigenvalue weighted by Gasteiger charge is 2.28. The maximum Gasteiger partial charge on any atom is 0.333 e. The number of rotatable bonds is 10. The molecule has 0 saturated carbocycles. The predicted molar refractivity (Wildman–Crippen MR) is 101 cm³/mol. The van der Waals surface area contributed by atoms with E-state index < -0.39 is 34.5 Å². The number of methoxy groups -OCH3 is 1. The molecule has 0 fully saturated rings. The third kappa shape index (κ3) is 5.89. The van der Waals surface area contributed by atoms with Crippen LogP contribution >= 0.6 is 0 Å². The van der Waals surface area contributed by atoms with Crippen LogP contribution in [0.15, 0.2) is 18.2 Å². The molecule has 0 saturated heterocycles. The van der Waals surface area contributed by atoms with E-state index in [2.05, 4.69) is 0 Å². The minimum absolute atomic E-state index is 0.291. The summed E-state index contributed by atoms with van der Waals surface area (Å²) in [5.74, 6) is -2.70. The summed E-state index contributed by atoms with van der Waals surface area (Å²) in [6.45, 7) is 6.03. The monoisotopic (exact) mass is 385 g/mol. The Balaban J connectivity index is 3.13. The lowest BCUT2D eigenvalue weighted by molar-refractivity contribution is -0.145. The maximum atomic E-state index is 12.9. The minimum Gasteiger partial charge on any atom is -0.479 e. The molecule has 3 atom stereocenters. The van der Waals surface area contributed by atoms with E-state index in [1.165, 1.54) is 0 Å². The number of anilines is 1. The van der Waals surface area contributed by atoms with Gasteiger partial charge in [-0.05, 0) is 31.4 Å². The molecule has 0 radical (unpaired) electrons. The Morgan fingerprint density at radius 2 is 2.00 bits per heavy atom. The summed E-state index contributed by atoms with van der Waals surface area (Å²) in [7, 11) is -0.253. The topological polar surface area (TPSA) is 104 Å². The first-order chi connectivity index (χ1) is 12.2. The number of carboxylic acids is 1. The first-order valence-electron chi connectivity index (χ1n) is 8.38. The molecule has 26 heavy (non-hydrogen) atoms. The van der Waals surface area contributed by atoms with Crippen molar-refractivity contribution in [2.75, 3.05) is 30.1 Å². The molecule has 1 aromatic rings. The maximum absolute atomic E-state index is 12.9. The fourth-order valence-electron chi connectivity index (χ4n) is 2.77. The molecule has 3 unspecified atom stereocenters. The number of ether oxygens (including phenoxy) is 1. The van der Waals surface area contributed by atoms with E-state index in [-0.39, 0.29) is 11.8 Å². The molecule has 0 heterocycles. The van der Waals surface area contributed by atoms with Crippen LogP contribution in [-0.4, -0.2) is 63.7 Å². The minimum atomic E-state index is -1.79. The van der Waals surface area contributed by atoms with Crippen LogP contribution in [0.4, 0.5) is 5.69 Å². The molecule has 0 spiro atoms. The second-order valence-electron chi connectivity index (χ2n) is 6.11. The van der Waals surface area contributed by atoms with Gasteiger partial charge in [0, 0.05) is 17.9 Å². The van der Waals surface area contributed by atoms with Crippen molar-refractivity contribution >= 4 is 28.4 Å². The fourth-order valence-corrected chi connectivity index (χ4v) is 3.80. The number of aryl methyl sites for hydroxylation is 2. The molecule has 0 bridgehead atoms. The van der Waals surface area contributed by atoms with Crippen molar-refractivity contribution in [1.29, 1.82) is 0 Å². The van der Waals surface area contributed by atoms with Gasteiger partial charge in [-0.3, -0.25) is 9.00 Å². The average molecular weight is 385 g/mol. The largest absolute Gasteiger partial charge is 0.479 e. The number of aliphatic hydroxyl groups is 1. The average Bonchev–Trinajstić information content (AvgIpc) is 2.56. The number of amides is 1. The molecule has 0 aliphatic heterocycles. The second-order valence-corrected chi connectivity index (χ2v) is 7.61. The lowest BCUT2D eigenvalue weighted by atomic mass is 10.0. The Kier molecular flexibility index (Phi) is 8.91. The van der Waals surface area contributed by atoms with Gasteiger partial charge in [-0.1, -0.05) is 25.1 Å². The third-order valence-corrected chi connectivity index (χ3v) is 5.23. The Labute approximate surface area is 156 Å². The van der Waals surface area contributed by atoms with Crippen LogP contribution < -0.4 is 4.90 Å². The zero-order chi connectivity index (χ0) is 19.9. The van der Waals surface area contributed by atoms with E-state index in [0.29, 0.717) is 6.61 Å². The van der Waals surface area contributed by atoms with Crippen molar-refractivity contribution in [3.63, 3.8) is 0 Å². The SMILES string of the molecule is CCc1cccc(C)c1N(C(=O)CS(=O)CC(O)C(=O)O)C(C)COC. The van der Waals surface area contributed by atoms with Crippen molar-refractivity contribution in [3.8, 4) is 0 Å². The zero-order valence-corrected chi connectivity index (χ0v) is 16.4. The standard InChI is InChI=1S/C18H27NO6S/c1-5-14-8-6-7-12(2)17(14)19(13(3)9-25-4)16(21)11-26(24)10-15(20)18(22)23/h6-8,13,15,20H,5,9-11H2,1-4H3,(H,22,23). The van der Waals surface area contributed by atoms with Gasteiger partial charge in [0.25, 0.3) is 0 Å². The summed E-state index contributed by atoms with van der Waals surface area (Å²) in [5, 5.41) is 18.1. The van der Waals surface area contributed by atoms with Crippen LogP contribution in [0, 0.1) is 6.92 Å². The molecule has 1 amide bonds. The fraction of sp³-hybridized carbons (Fsp3) is 0.556. The van der Waals surface area contributed by atoms with Crippen LogP contribution in [0.2, 0.25) is 0 Å². The van der Waals surface area contributed by atoms with Gasteiger partial charge in [-0.2, -0.15) is 0 Å². The number of hydrogen-bond donors (Lipinski definition) is 2. The van der Waals surface area contributed by atoms with E-state index in [9.17, 15) is 18.9 Å². The molecular formula is C18H27NO6S. The van der Waals surface area contributed by atoms with Gasteiger partial charge in [0.1, 0.15) is 5.75 Å². The Bertz CT molecular complexity index is 663. The van der Waals surface area contributed by atoms with Crippen LogP contribution in [-0.2, 0) is 31.5 Å². The highest BCUT2D eigenvalue weighted by Crippen LogP contribution is 2.28. The van der Waals surface area contributed by atoms with E-state index in [4.69, 9.17) is 9.84 Å². The van der Waals surface area contributed by atoms with Crippen molar-refractivity contribution in [3.05, 3.63) is 29.3 Å². The smallest absolute Gasteiger partial charge is 0.333 e. The molecule has 7 nitrogen and oxygen atoms in total. The van der Waals surface area contributed by atoms with Crippen LogP contribution in [0.5, 0.6) is 0 Å². The number of nitrogens with zero attached hydrogens (tertiary/aromatic N) is 1. The van der Waals surface area contributed by atoms with Gasteiger partial charge in [0.2, 0.25) is 5.91 Å². The highest BCUT2D eigenvalue weighted by molar-refractivity contribution is 7.85. The van der Waals surface area contributed by atoms with E-state index >= 15 is 0 Å². The zero-order valence-electron chi connectivity index (χ0n) is 15.6. The summed E-state index contributed by atoms with van der Waals surface area (Å²) in [5.41, 5.74) is 2.66. The number of aliphatic carboxylic acids is 1. The van der Waals surface area contributed by atoms with Crippen molar-refractivity contribution in [2.45, 2.75) is 39.3 Å². The number of carbonyl (C=O) groups excluding carboxylic acids is 1. The normalized spacial score (nSPS) is 14.5. The Hall–Kier alpha value is -1.77. The lowest BCUT2D eigenvalue weighted by Gasteiger charge is -2.32. The first kappa shape index (κ1) is 22.3. The molecule has 8 heteroatoms. The lowest BCUT2D eigenvalue weighted by Crippen LogP contribution is -2.45. The number of carboxylic acid groups (broad SMARTS) is 1. The molecular weight excluding hydrogens is 358 g/mol. The summed E-state index contributed by atoms with van der Waals surface area (Å²) in [6.07, 6.45) is -1.03. The number of hydrogen-bond acceptors (Lipinski definition) is 5. The molecule has 0 aromatic heterocycles. The van der Waals surface area contributed by atoms with Gasteiger partial charge in [-0.25, -0.2) is 4.79 Å². The summed E-state index contributed by atoms with van der Waals surface area (Å²) >= 11 is 0. The predicted octanol–water partition coefficient (Wildman–Crippen LogP) is 1.12. The Morgan fingerprint density at radius 3 is 2.54 bits per heavy atom. The molecule has 2 N–H and O–H groups in total. The van der Waals surface area contributed by atoms with Crippen molar-refractivity contribution in [2.24, 2.45) is 0 Å². The second kappa shape index (κ2) is 10.4. The van der Waals surface area contributed by atoms with Gasteiger partial charge >= 0.3 is 5.97 Å².